The van der Waals surface area contributed by atoms with Crippen LogP contribution in [-0.4, -0.2) is 162 Å². The summed E-state index contributed by atoms with van der Waals surface area (Å²) in [7, 11) is -26.0. The van der Waals surface area contributed by atoms with Crippen molar-refractivity contribution in [3.63, 3.8) is 0 Å². The standard InChI is InChI=1S/C60H61N17O21S8/c1-34-25-47(73-76-55-36(3)40(33-61)56-64-46-28-38(97-4)15-16-50(46)77(56)57(55)78)51(98-18-8-21-101(79,80)81)30-42(34)70-74-48-26-35(2)43(31-52(48)99-19-9-22-102(82,83)84)71-75-49-29-44(45(32-53(49)100-20-10-23-103(85,86)87)72-69-41-13-5-6-14-54(41)106(94,95)96)65-60-67-58(62-17-24-104(88,89)90)66-59(68-60)63-37-11-7-12-39(27-37)105(91,92)93/h5-7,11-16,25-32,78H,8-10,17-24H2,1-4H3,(H,79,80,81)(H,82,83,84)(H,85,86,87)(H,88,89,90)(H,91,92,93)(H,94,95,96)(H3,62,63,65,66,67,68). The van der Waals surface area contributed by atoms with Crippen LogP contribution in [0.5, 0.6) is 17.4 Å². The van der Waals surface area contributed by atoms with Crippen LogP contribution in [0.25, 0.3) is 16.7 Å². The van der Waals surface area contributed by atoms with Crippen molar-refractivity contribution in [1.82, 2.24) is 24.3 Å². The molecular formula is C60H61N17O21S8. The molecule has 0 fully saturated rings. The number of thioether (sulfide) groups is 2. The van der Waals surface area contributed by atoms with E-state index in [9.17, 15) is 88.2 Å². The van der Waals surface area contributed by atoms with Gasteiger partial charge in [-0.05, 0) is 135 Å². The zero-order chi connectivity index (χ0) is 77.1. The molecule has 0 aliphatic rings. The number of nitrogens with zero attached hydrogens (tertiary/aromatic N) is 14. The van der Waals surface area contributed by atoms with Crippen molar-refractivity contribution in [3.8, 4) is 23.4 Å². The predicted molar refractivity (Wildman–Crippen MR) is 390 cm³/mol. The molecule has 0 aliphatic heterocycles. The Hall–Kier alpha value is -9.87. The van der Waals surface area contributed by atoms with E-state index >= 15 is 0 Å². The summed E-state index contributed by atoms with van der Waals surface area (Å²) in [5.74, 6) is -3.91. The average Bonchev–Trinajstić information content (AvgIpc) is 1.57. The molecular weight excluding hydrogens is 1550 g/mol. The summed E-state index contributed by atoms with van der Waals surface area (Å²) in [6.45, 7) is 4.01. The number of nitriles is 1. The van der Waals surface area contributed by atoms with Gasteiger partial charge in [0.15, 0.2) is 11.3 Å². The number of aromatic nitrogens is 5. The van der Waals surface area contributed by atoms with Gasteiger partial charge in [-0.1, -0.05) is 18.2 Å². The Morgan fingerprint density at radius 2 is 1.08 bits per heavy atom. The Bertz CT molecular complexity index is 5810. The molecule has 106 heavy (non-hydrogen) atoms. The maximum Gasteiger partial charge on any atom is 0.296 e. The molecule has 0 spiro atoms. The highest BCUT2D eigenvalue weighted by Crippen LogP contribution is 2.46. The molecule has 46 heteroatoms. The molecule has 0 atom stereocenters. The van der Waals surface area contributed by atoms with Crippen molar-refractivity contribution in [2.24, 2.45) is 40.9 Å². The summed E-state index contributed by atoms with van der Waals surface area (Å²) in [5, 5.41) is 65.9. The Kier molecular flexibility index (Phi) is 25.5. The number of fused-ring (bicyclic) bond motifs is 3. The molecule has 0 saturated heterocycles. The highest BCUT2D eigenvalue weighted by Gasteiger charge is 2.24. The molecule has 3 heterocycles. The molecule has 0 unspecified atom stereocenters. The van der Waals surface area contributed by atoms with Gasteiger partial charge in [-0.15, -0.1) is 54.2 Å². The summed E-state index contributed by atoms with van der Waals surface area (Å²) >= 11 is 2.05. The molecule has 0 bridgehead atoms. The van der Waals surface area contributed by atoms with Crippen LogP contribution in [0.2, 0.25) is 0 Å². The van der Waals surface area contributed by atoms with Crippen LogP contribution in [0.3, 0.4) is 0 Å². The van der Waals surface area contributed by atoms with Crippen molar-refractivity contribution in [2.45, 2.75) is 59.6 Å². The van der Waals surface area contributed by atoms with E-state index in [0.29, 0.717) is 32.8 Å². The van der Waals surface area contributed by atoms with E-state index in [1.165, 1.54) is 79.1 Å². The number of ether oxygens (including phenoxy) is 2. The number of nitrogens with one attached hydrogen (secondary N) is 3. The van der Waals surface area contributed by atoms with Crippen LogP contribution in [-0.2, 0) is 60.7 Å². The third-order valence-electron chi connectivity index (χ3n) is 14.5. The molecule has 6 aromatic carbocycles. The Morgan fingerprint density at radius 1 is 0.538 bits per heavy atom. The predicted octanol–water partition coefficient (Wildman–Crippen LogP) is 12.5. The summed E-state index contributed by atoms with van der Waals surface area (Å²) in [5.41, 5.74) is 1.65. The smallest absolute Gasteiger partial charge is 0.296 e. The molecule has 9 rings (SSSR count). The first kappa shape index (κ1) is 80.2. The molecule has 9 aromatic rings. The van der Waals surface area contributed by atoms with Gasteiger partial charge < -0.3 is 30.5 Å². The zero-order valence-electron chi connectivity index (χ0n) is 55.5. The number of aryl methyl sites for hydroxylation is 2. The molecule has 38 nitrogen and oxygen atoms in total. The van der Waals surface area contributed by atoms with Gasteiger partial charge in [0.25, 0.3) is 60.7 Å². The molecule has 0 amide bonds. The van der Waals surface area contributed by atoms with E-state index in [1.54, 1.807) is 38.1 Å². The maximum atomic E-state index is 12.5. The van der Waals surface area contributed by atoms with Crippen molar-refractivity contribution in [2.75, 3.05) is 70.7 Å². The first-order chi connectivity index (χ1) is 49.8. The van der Waals surface area contributed by atoms with Crippen LogP contribution in [0.4, 0.5) is 74.7 Å². The summed E-state index contributed by atoms with van der Waals surface area (Å²) in [6.07, 6.45) is -0.404. The van der Waals surface area contributed by atoms with E-state index in [-0.39, 0.29) is 134 Å². The largest absolute Gasteiger partial charge is 0.497 e. The monoisotopic (exact) mass is 1610 g/mol. The molecule has 560 valence electrons. The van der Waals surface area contributed by atoms with E-state index in [0.717, 1.165) is 41.7 Å². The topological polar surface area (TPSA) is 580 Å². The minimum absolute atomic E-state index is 0.00213. The second kappa shape index (κ2) is 33.7. The number of imidazole rings is 1. The van der Waals surface area contributed by atoms with E-state index in [2.05, 4.69) is 82.9 Å². The fraction of sp³-hybridized carbons (Fsp3) is 0.250. The second-order valence-corrected chi connectivity index (χ2v) is 33.8. The highest BCUT2D eigenvalue weighted by atomic mass is 32.2. The molecule has 0 aliphatic carbocycles. The number of methoxy groups -OCH3 is 1. The lowest BCUT2D eigenvalue weighted by Crippen LogP contribution is -2.17. The number of benzene rings is 6. The van der Waals surface area contributed by atoms with Gasteiger partial charge in [0.05, 0.1) is 75.4 Å². The van der Waals surface area contributed by atoms with Crippen LogP contribution < -0.4 is 25.4 Å². The molecule has 0 saturated carbocycles. The fourth-order valence-corrected chi connectivity index (χ4v) is 14.8. The first-order valence-corrected chi connectivity index (χ1v) is 41.7. The van der Waals surface area contributed by atoms with Crippen LogP contribution in [0.15, 0.2) is 164 Å². The Morgan fingerprint density at radius 3 is 1.70 bits per heavy atom. The van der Waals surface area contributed by atoms with E-state index in [4.69, 9.17) is 9.47 Å². The molecule has 10 N–H and O–H groups in total. The number of aromatic hydroxyl groups is 1. The summed E-state index contributed by atoms with van der Waals surface area (Å²) < 4.78 is 214. The normalized spacial score (nSPS) is 12.7. The van der Waals surface area contributed by atoms with Gasteiger partial charge in [-0.25, -0.2) is 4.98 Å². The Labute approximate surface area is 613 Å². The number of hydrogen-bond donors (Lipinski definition) is 10. The number of hydrogen-bond acceptors (Lipinski definition) is 33. The average molecular weight is 1610 g/mol. The van der Waals surface area contributed by atoms with Crippen LogP contribution in [0.1, 0.15) is 41.5 Å². The van der Waals surface area contributed by atoms with Crippen molar-refractivity contribution < 1.29 is 92.4 Å². The van der Waals surface area contributed by atoms with Crippen molar-refractivity contribution in [3.05, 3.63) is 125 Å². The third-order valence-corrected chi connectivity index (χ3v) is 21.7. The van der Waals surface area contributed by atoms with Gasteiger partial charge in [0.2, 0.25) is 23.7 Å². The van der Waals surface area contributed by atoms with Crippen LogP contribution >= 0.6 is 23.5 Å². The van der Waals surface area contributed by atoms with Gasteiger partial charge in [-0.2, -0.15) is 80.9 Å². The minimum Gasteiger partial charge on any atom is -0.497 e. The van der Waals surface area contributed by atoms with Gasteiger partial charge in [0, 0.05) is 39.7 Å². The number of pyridine rings is 1. The lowest BCUT2D eigenvalue weighted by molar-refractivity contribution is 0.317. The second-order valence-electron chi connectivity index (χ2n) is 22.4. The van der Waals surface area contributed by atoms with Crippen LogP contribution in [0, 0.1) is 32.1 Å². The summed E-state index contributed by atoms with van der Waals surface area (Å²) in [4.78, 5) is 16.8. The van der Waals surface area contributed by atoms with E-state index in [1.807, 2.05) is 0 Å². The highest BCUT2D eigenvalue weighted by molar-refractivity contribution is 7.99. The van der Waals surface area contributed by atoms with Crippen molar-refractivity contribution >= 4 is 176 Å². The summed E-state index contributed by atoms with van der Waals surface area (Å²) in [6, 6.07) is 25.4. The van der Waals surface area contributed by atoms with Gasteiger partial charge >= 0.3 is 0 Å². The lowest BCUT2D eigenvalue weighted by atomic mass is 10.1. The lowest BCUT2D eigenvalue weighted by Gasteiger charge is -2.14. The molecule has 3 aromatic heterocycles. The minimum atomic E-state index is -4.91. The first-order valence-electron chi connectivity index (χ1n) is 30.4. The third kappa shape index (κ3) is 22.3. The SMILES string of the molecule is COc1ccc2c(c1)nc1c(C#N)c(C)c(N=Nc3cc(C)c(N=Nc4cc(C)c(N=Nc5cc(Nc6nc(NCCS(=O)(=O)O)nc(Nc7cccc(S(=O)(=O)O)c7)n6)c(N=Nc6ccccc6S(=O)(=O)O)cc5SCCCS(=O)(=O)O)cc4SCCCS(=O)(=O)O)cc3OCCCS(=O)(=O)O)c(O)n12. The van der Waals surface area contributed by atoms with E-state index < -0.39 is 112 Å². The number of rotatable bonds is 34. The fourth-order valence-electron chi connectivity index (χ4n) is 9.54. The molecule has 0 radical (unpaired) electrons. The zero-order valence-corrected chi connectivity index (χ0v) is 62.0. The van der Waals surface area contributed by atoms with Gasteiger partial charge in [-0.3, -0.25) is 31.7 Å². The number of azo groups is 4. The Balaban J connectivity index is 1.15. The van der Waals surface area contributed by atoms with Crippen molar-refractivity contribution in [1.29, 1.82) is 5.26 Å². The number of anilines is 5. The van der Waals surface area contributed by atoms with Gasteiger partial charge in [0.1, 0.15) is 50.8 Å². The quantitative estimate of drug-likeness (QED) is 0.00775. The maximum absolute atomic E-state index is 12.5.